The van der Waals surface area contributed by atoms with Crippen molar-refractivity contribution < 1.29 is 8.81 Å². The van der Waals surface area contributed by atoms with E-state index >= 15 is 0 Å². The van der Waals surface area contributed by atoms with Crippen molar-refractivity contribution in [1.82, 2.24) is 5.32 Å². The smallest absolute Gasteiger partial charge is 0.134 e. The van der Waals surface area contributed by atoms with Crippen LogP contribution in [0.1, 0.15) is 57.9 Å². The summed E-state index contributed by atoms with van der Waals surface area (Å²) in [6.45, 7) is 11.7. The van der Waals surface area contributed by atoms with Crippen molar-refractivity contribution >= 4 is 11.0 Å². The Morgan fingerprint density at radius 3 is 2.62 bits per heavy atom. The van der Waals surface area contributed by atoms with E-state index in [1.54, 1.807) is 12.1 Å². The largest absolute Gasteiger partial charge is 0.459 e. The predicted octanol–water partition coefficient (Wildman–Crippen LogP) is 5.36. The van der Waals surface area contributed by atoms with Crippen LogP contribution in [-0.4, -0.2) is 6.54 Å². The molecule has 0 aliphatic rings. The fraction of sp³-hybridized carbons (Fsp3) is 0.556. The molecule has 0 radical (unpaired) electrons. The van der Waals surface area contributed by atoms with E-state index in [1.165, 1.54) is 6.07 Å². The van der Waals surface area contributed by atoms with Gasteiger partial charge in [-0.2, -0.15) is 0 Å². The molecule has 116 valence electrons. The van der Waals surface area contributed by atoms with Gasteiger partial charge in [-0.3, -0.25) is 0 Å². The van der Waals surface area contributed by atoms with Crippen molar-refractivity contribution in [2.45, 2.75) is 53.5 Å². The first kappa shape index (κ1) is 16.0. The number of benzene rings is 1. The molecule has 0 amide bonds. The van der Waals surface area contributed by atoms with Crippen LogP contribution in [0.2, 0.25) is 0 Å². The molecule has 2 nitrogen and oxygen atoms in total. The third kappa shape index (κ3) is 3.85. The van der Waals surface area contributed by atoms with Gasteiger partial charge in [0.1, 0.15) is 17.2 Å². The predicted molar refractivity (Wildman–Crippen MR) is 86.0 cm³/mol. The van der Waals surface area contributed by atoms with Gasteiger partial charge in [0.2, 0.25) is 0 Å². The van der Waals surface area contributed by atoms with Crippen LogP contribution in [0.4, 0.5) is 4.39 Å². The van der Waals surface area contributed by atoms with Gasteiger partial charge >= 0.3 is 0 Å². The van der Waals surface area contributed by atoms with Gasteiger partial charge in [-0.25, -0.2) is 4.39 Å². The summed E-state index contributed by atoms with van der Waals surface area (Å²) < 4.78 is 19.4. The van der Waals surface area contributed by atoms with Crippen molar-refractivity contribution in [1.29, 1.82) is 0 Å². The topological polar surface area (TPSA) is 25.2 Å². The van der Waals surface area contributed by atoms with Crippen molar-refractivity contribution in [2.24, 2.45) is 5.41 Å². The first-order chi connectivity index (χ1) is 9.81. The average Bonchev–Trinajstić information content (AvgIpc) is 2.71. The maximum atomic E-state index is 13.4. The minimum atomic E-state index is -0.215. The Bertz CT molecular complexity index is 609. The van der Waals surface area contributed by atoms with Crippen molar-refractivity contribution in [3.05, 3.63) is 35.3 Å². The molecule has 1 atom stereocenters. The minimum absolute atomic E-state index is 0.185. The second-order valence-corrected chi connectivity index (χ2v) is 6.94. The molecule has 1 aromatic heterocycles. The molecule has 0 bridgehead atoms. The molecule has 0 spiro atoms. The Labute approximate surface area is 126 Å². The molecule has 0 fully saturated rings. The lowest BCUT2D eigenvalue weighted by Crippen LogP contribution is -2.22. The molecule has 3 heteroatoms. The van der Waals surface area contributed by atoms with Crippen molar-refractivity contribution in [3.8, 4) is 0 Å². The Morgan fingerprint density at radius 2 is 2.00 bits per heavy atom. The molecule has 2 aromatic rings. The number of rotatable bonds is 5. The zero-order valence-electron chi connectivity index (χ0n) is 13.7. The van der Waals surface area contributed by atoms with Crippen LogP contribution in [0.15, 0.2) is 22.6 Å². The zero-order valence-corrected chi connectivity index (χ0v) is 13.7. The van der Waals surface area contributed by atoms with Gasteiger partial charge < -0.3 is 9.73 Å². The van der Waals surface area contributed by atoms with Gasteiger partial charge in [0.25, 0.3) is 0 Å². The van der Waals surface area contributed by atoms with Gasteiger partial charge in [0.15, 0.2) is 0 Å². The van der Waals surface area contributed by atoms with E-state index in [0.717, 1.165) is 41.7 Å². The Morgan fingerprint density at radius 1 is 1.29 bits per heavy atom. The van der Waals surface area contributed by atoms with Crippen LogP contribution in [0, 0.1) is 18.2 Å². The standard InChI is InChI=1S/C18H26FNO/c1-6-20-15(9-10-18(3,4)5)17-12(2)14-11-13(19)7-8-16(14)21-17/h7-8,11,15,20H,6,9-10H2,1-5H3. The number of aryl methyl sites for hydroxylation is 1. The lowest BCUT2D eigenvalue weighted by molar-refractivity contribution is 0.315. The number of fused-ring (bicyclic) bond motifs is 1. The maximum Gasteiger partial charge on any atom is 0.134 e. The van der Waals surface area contributed by atoms with Crippen LogP contribution in [0.25, 0.3) is 11.0 Å². The summed E-state index contributed by atoms with van der Waals surface area (Å²) in [5.74, 6) is 0.731. The molecule has 0 saturated heterocycles. The van der Waals surface area contributed by atoms with E-state index < -0.39 is 0 Å². The van der Waals surface area contributed by atoms with E-state index in [4.69, 9.17) is 4.42 Å². The first-order valence-electron chi connectivity index (χ1n) is 7.74. The van der Waals surface area contributed by atoms with Gasteiger partial charge in [-0.1, -0.05) is 27.7 Å². The number of hydrogen-bond donors (Lipinski definition) is 1. The highest BCUT2D eigenvalue weighted by Gasteiger charge is 2.22. The monoisotopic (exact) mass is 291 g/mol. The molecule has 1 N–H and O–H groups in total. The highest BCUT2D eigenvalue weighted by Crippen LogP contribution is 2.34. The van der Waals surface area contributed by atoms with Gasteiger partial charge in [0, 0.05) is 10.9 Å². The van der Waals surface area contributed by atoms with Gasteiger partial charge in [-0.15, -0.1) is 0 Å². The average molecular weight is 291 g/mol. The van der Waals surface area contributed by atoms with Gasteiger partial charge in [0.05, 0.1) is 6.04 Å². The molecule has 21 heavy (non-hydrogen) atoms. The van der Waals surface area contributed by atoms with E-state index in [2.05, 4.69) is 33.0 Å². The summed E-state index contributed by atoms with van der Waals surface area (Å²) in [6.07, 6.45) is 2.12. The summed E-state index contributed by atoms with van der Waals surface area (Å²) in [5, 5.41) is 4.38. The van der Waals surface area contributed by atoms with Crippen LogP contribution >= 0.6 is 0 Å². The molecule has 0 aliphatic heterocycles. The van der Waals surface area contributed by atoms with Crippen LogP contribution in [0.5, 0.6) is 0 Å². The highest BCUT2D eigenvalue weighted by molar-refractivity contribution is 5.82. The lowest BCUT2D eigenvalue weighted by atomic mass is 9.88. The molecule has 1 heterocycles. The molecular weight excluding hydrogens is 265 g/mol. The number of furan rings is 1. The van der Waals surface area contributed by atoms with E-state index in [9.17, 15) is 4.39 Å². The second kappa shape index (κ2) is 6.18. The normalized spacial score (nSPS) is 13.8. The van der Waals surface area contributed by atoms with Gasteiger partial charge in [-0.05, 0) is 49.9 Å². The number of nitrogens with one attached hydrogen (secondary N) is 1. The summed E-state index contributed by atoms with van der Waals surface area (Å²) in [6, 6.07) is 4.91. The summed E-state index contributed by atoms with van der Waals surface area (Å²) in [7, 11) is 0. The van der Waals surface area contributed by atoms with Crippen LogP contribution in [0.3, 0.4) is 0 Å². The van der Waals surface area contributed by atoms with Crippen LogP contribution in [-0.2, 0) is 0 Å². The first-order valence-corrected chi connectivity index (χ1v) is 7.74. The van der Waals surface area contributed by atoms with Crippen LogP contribution < -0.4 is 5.32 Å². The maximum absolute atomic E-state index is 13.4. The molecule has 0 aliphatic carbocycles. The van der Waals surface area contributed by atoms with Crippen molar-refractivity contribution in [3.63, 3.8) is 0 Å². The fourth-order valence-corrected chi connectivity index (χ4v) is 2.69. The SMILES string of the molecule is CCNC(CCC(C)(C)C)c1oc2ccc(F)cc2c1C. The van der Waals surface area contributed by atoms with Crippen molar-refractivity contribution in [2.75, 3.05) is 6.54 Å². The molecule has 0 saturated carbocycles. The Balaban J connectivity index is 2.33. The summed E-state index contributed by atoms with van der Waals surface area (Å²) in [5.41, 5.74) is 2.10. The van der Waals surface area contributed by atoms with E-state index in [0.29, 0.717) is 5.41 Å². The fourth-order valence-electron chi connectivity index (χ4n) is 2.69. The molecule has 1 aromatic carbocycles. The van der Waals surface area contributed by atoms with E-state index in [-0.39, 0.29) is 11.9 Å². The summed E-state index contributed by atoms with van der Waals surface area (Å²) >= 11 is 0. The third-order valence-electron chi connectivity index (χ3n) is 3.89. The quantitative estimate of drug-likeness (QED) is 0.802. The third-order valence-corrected chi connectivity index (χ3v) is 3.89. The lowest BCUT2D eigenvalue weighted by Gasteiger charge is -2.23. The Kier molecular flexibility index (Phi) is 4.72. The molecule has 2 rings (SSSR count). The zero-order chi connectivity index (χ0) is 15.6. The number of halogens is 1. The number of hydrogen-bond acceptors (Lipinski definition) is 2. The minimum Gasteiger partial charge on any atom is -0.459 e. The summed E-state index contributed by atoms with van der Waals surface area (Å²) in [4.78, 5) is 0. The molecule has 1 unspecified atom stereocenters. The van der Waals surface area contributed by atoms with E-state index in [1.807, 2.05) is 6.92 Å². The second-order valence-electron chi connectivity index (χ2n) is 6.94. The molecular formula is C18H26FNO. The Hall–Kier alpha value is -1.35. The highest BCUT2D eigenvalue weighted by atomic mass is 19.1.